The van der Waals surface area contributed by atoms with Gasteiger partial charge >= 0.3 is 0 Å². The summed E-state index contributed by atoms with van der Waals surface area (Å²) in [5.74, 6) is 0.592. The highest BCUT2D eigenvalue weighted by molar-refractivity contribution is 7.90. The number of nitrogens with one attached hydrogen (secondary N) is 1. The number of hydrogen-bond acceptors (Lipinski definition) is 4. The standard InChI is InChI=1S/C19H20ClN3O4S/c1-23-12-4-7-18(23)22-28(25,26)15-10-8-14(9-11-15)21-19(24)13-27-17-6-3-2-5-16(17)20/h2-3,5-6,8-11H,4,7,12-13H2,1H3,(H,21,24)/b22-18-. The lowest BCUT2D eigenvalue weighted by atomic mass is 10.3. The molecule has 0 aromatic heterocycles. The van der Waals surface area contributed by atoms with Crippen molar-refractivity contribution in [2.24, 2.45) is 4.40 Å². The average Bonchev–Trinajstić information content (AvgIpc) is 3.05. The summed E-state index contributed by atoms with van der Waals surface area (Å²) in [6, 6.07) is 12.7. The van der Waals surface area contributed by atoms with Gasteiger partial charge in [0.25, 0.3) is 15.9 Å². The summed E-state index contributed by atoms with van der Waals surface area (Å²) >= 11 is 5.97. The minimum atomic E-state index is -3.78. The molecule has 1 aliphatic heterocycles. The molecule has 2 aromatic rings. The Kier molecular flexibility index (Phi) is 6.21. The highest BCUT2D eigenvalue weighted by Gasteiger charge is 2.20. The third kappa shape index (κ3) is 5.02. The van der Waals surface area contributed by atoms with Crippen molar-refractivity contribution in [3.05, 3.63) is 53.6 Å². The molecular formula is C19H20ClN3O4S. The van der Waals surface area contributed by atoms with E-state index in [0.717, 1.165) is 13.0 Å². The van der Waals surface area contributed by atoms with E-state index in [1.54, 1.807) is 24.3 Å². The number of carbonyl (C=O) groups excluding carboxylic acids is 1. The number of amidine groups is 1. The Hall–Kier alpha value is -2.58. The van der Waals surface area contributed by atoms with E-state index in [4.69, 9.17) is 16.3 Å². The molecule has 2 aromatic carbocycles. The second-order valence-electron chi connectivity index (χ2n) is 6.30. The second kappa shape index (κ2) is 8.62. The molecule has 3 rings (SSSR count). The molecule has 1 aliphatic rings. The van der Waals surface area contributed by atoms with Crippen molar-refractivity contribution in [2.75, 3.05) is 25.5 Å². The van der Waals surface area contributed by atoms with Crippen molar-refractivity contribution in [3.63, 3.8) is 0 Å². The number of ether oxygens (including phenoxy) is 1. The molecule has 0 aliphatic carbocycles. The lowest BCUT2D eigenvalue weighted by Crippen LogP contribution is -2.21. The third-order valence-corrected chi connectivity index (χ3v) is 5.82. The molecule has 9 heteroatoms. The van der Waals surface area contributed by atoms with Crippen molar-refractivity contribution in [2.45, 2.75) is 17.7 Å². The summed E-state index contributed by atoms with van der Waals surface area (Å²) in [5, 5.41) is 3.06. The maximum Gasteiger partial charge on any atom is 0.283 e. The zero-order valence-corrected chi connectivity index (χ0v) is 16.8. The van der Waals surface area contributed by atoms with Crippen LogP contribution in [0.15, 0.2) is 57.8 Å². The van der Waals surface area contributed by atoms with Gasteiger partial charge in [-0.1, -0.05) is 23.7 Å². The molecule has 28 heavy (non-hydrogen) atoms. The van der Waals surface area contributed by atoms with E-state index >= 15 is 0 Å². The van der Waals surface area contributed by atoms with Gasteiger partial charge in [-0.25, -0.2) is 0 Å². The molecule has 1 saturated heterocycles. The maximum absolute atomic E-state index is 12.4. The van der Waals surface area contributed by atoms with Crippen LogP contribution in [-0.2, 0) is 14.8 Å². The first-order chi connectivity index (χ1) is 13.3. The van der Waals surface area contributed by atoms with Gasteiger partial charge < -0.3 is 15.0 Å². The lowest BCUT2D eigenvalue weighted by molar-refractivity contribution is -0.118. The van der Waals surface area contributed by atoms with Gasteiger partial charge in [-0.3, -0.25) is 4.79 Å². The molecule has 0 saturated carbocycles. The van der Waals surface area contributed by atoms with Crippen molar-refractivity contribution in [1.82, 2.24) is 4.90 Å². The fraction of sp³-hybridized carbons (Fsp3) is 0.263. The van der Waals surface area contributed by atoms with E-state index in [2.05, 4.69) is 9.71 Å². The van der Waals surface area contributed by atoms with Gasteiger partial charge in [-0.05, 0) is 42.8 Å². The number of amides is 1. The van der Waals surface area contributed by atoms with Crippen molar-refractivity contribution < 1.29 is 17.9 Å². The number of para-hydroxylation sites is 1. The van der Waals surface area contributed by atoms with E-state index in [9.17, 15) is 13.2 Å². The van der Waals surface area contributed by atoms with Gasteiger partial charge in [0.1, 0.15) is 11.6 Å². The topological polar surface area (TPSA) is 88.1 Å². The van der Waals surface area contributed by atoms with E-state index in [0.29, 0.717) is 28.7 Å². The van der Waals surface area contributed by atoms with Crippen LogP contribution in [0.3, 0.4) is 0 Å². The molecule has 7 nitrogen and oxygen atoms in total. The number of sulfonamides is 1. The number of benzene rings is 2. The first-order valence-corrected chi connectivity index (χ1v) is 10.5. The Morgan fingerprint density at radius 3 is 2.57 bits per heavy atom. The predicted molar refractivity (Wildman–Crippen MR) is 109 cm³/mol. The quantitative estimate of drug-likeness (QED) is 0.773. The second-order valence-corrected chi connectivity index (χ2v) is 8.31. The molecular weight excluding hydrogens is 402 g/mol. The number of likely N-dealkylation sites (tertiary alicyclic amines) is 1. The highest BCUT2D eigenvalue weighted by atomic mass is 35.5. The van der Waals surface area contributed by atoms with Crippen LogP contribution in [0.5, 0.6) is 5.75 Å². The fourth-order valence-electron chi connectivity index (χ4n) is 2.71. The van der Waals surface area contributed by atoms with Crippen molar-refractivity contribution in [3.8, 4) is 5.75 Å². The van der Waals surface area contributed by atoms with Gasteiger partial charge in [0, 0.05) is 25.7 Å². The van der Waals surface area contributed by atoms with E-state index in [1.165, 1.54) is 24.3 Å². The minimum Gasteiger partial charge on any atom is -0.482 e. The average molecular weight is 422 g/mol. The fourth-order valence-corrected chi connectivity index (χ4v) is 4.00. The monoisotopic (exact) mass is 421 g/mol. The van der Waals surface area contributed by atoms with E-state index < -0.39 is 10.0 Å². The number of carbonyl (C=O) groups is 1. The SMILES string of the molecule is CN1CCC/C1=N/S(=O)(=O)c1ccc(NC(=O)COc2ccccc2Cl)cc1. The van der Waals surface area contributed by atoms with Gasteiger partial charge in [-0.2, -0.15) is 8.42 Å². The zero-order chi connectivity index (χ0) is 20.1. The minimum absolute atomic E-state index is 0.0746. The molecule has 0 unspecified atom stereocenters. The third-order valence-electron chi connectivity index (χ3n) is 4.19. The van der Waals surface area contributed by atoms with Crippen LogP contribution in [0.25, 0.3) is 0 Å². The Labute approximate surface area is 169 Å². The summed E-state index contributed by atoms with van der Waals surface area (Å²) in [6.45, 7) is 0.583. The molecule has 0 atom stereocenters. The lowest BCUT2D eigenvalue weighted by Gasteiger charge is -2.11. The summed E-state index contributed by atoms with van der Waals surface area (Å²) in [5.41, 5.74) is 0.456. The first-order valence-electron chi connectivity index (χ1n) is 8.67. The highest BCUT2D eigenvalue weighted by Crippen LogP contribution is 2.23. The van der Waals surface area contributed by atoms with Crippen LogP contribution in [0, 0.1) is 0 Å². The molecule has 148 valence electrons. The summed E-state index contributed by atoms with van der Waals surface area (Å²) < 4.78 is 34.1. The Morgan fingerprint density at radius 1 is 1.21 bits per heavy atom. The van der Waals surface area contributed by atoms with Crippen LogP contribution in [0.2, 0.25) is 5.02 Å². The van der Waals surface area contributed by atoms with Crippen LogP contribution < -0.4 is 10.1 Å². The van der Waals surface area contributed by atoms with Gasteiger partial charge in [0.2, 0.25) is 0 Å². The number of hydrogen-bond donors (Lipinski definition) is 1. The van der Waals surface area contributed by atoms with Gasteiger partial charge in [0.15, 0.2) is 6.61 Å². The number of nitrogens with zero attached hydrogens (tertiary/aromatic N) is 2. The van der Waals surface area contributed by atoms with E-state index in [-0.39, 0.29) is 17.4 Å². The largest absolute Gasteiger partial charge is 0.482 e. The van der Waals surface area contributed by atoms with Crippen molar-refractivity contribution >= 4 is 39.1 Å². The van der Waals surface area contributed by atoms with Crippen LogP contribution >= 0.6 is 11.6 Å². The summed E-state index contributed by atoms with van der Waals surface area (Å²) in [4.78, 5) is 13.9. The first kappa shape index (κ1) is 20.2. The Bertz CT molecular complexity index is 990. The maximum atomic E-state index is 12.4. The van der Waals surface area contributed by atoms with Gasteiger partial charge in [-0.15, -0.1) is 4.40 Å². The van der Waals surface area contributed by atoms with Crippen LogP contribution in [0.1, 0.15) is 12.8 Å². The summed E-state index contributed by atoms with van der Waals surface area (Å²) in [6.07, 6.45) is 1.54. The number of halogens is 1. The van der Waals surface area contributed by atoms with Crippen molar-refractivity contribution in [1.29, 1.82) is 0 Å². The van der Waals surface area contributed by atoms with Gasteiger partial charge in [0.05, 0.1) is 9.92 Å². The molecule has 1 amide bonds. The van der Waals surface area contributed by atoms with E-state index in [1.807, 2.05) is 11.9 Å². The van der Waals surface area contributed by atoms with Crippen LogP contribution in [0.4, 0.5) is 5.69 Å². The number of anilines is 1. The predicted octanol–water partition coefficient (Wildman–Crippen LogP) is 3.17. The Balaban J connectivity index is 1.61. The molecule has 1 N–H and O–H groups in total. The normalized spacial score (nSPS) is 15.6. The number of rotatable bonds is 6. The molecule has 0 radical (unpaired) electrons. The smallest absolute Gasteiger partial charge is 0.283 e. The molecule has 0 bridgehead atoms. The van der Waals surface area contributed by atoms with Crippen LogP contribution in [-0.4, -0.2) is 45.3 Å². The molecule has 0 spiro atoms. The Morgan fingerprint density at radius 2 is 1.93 bits per heavy atom. The molecule has 1 heterocycles. The zero-order valence-electron chi connectivity index (χ0n) is 15.3. The molecule has 1 fully saturated rings. The summed E-state index contributed by atoms with van der Waals surface area (Å²) in [7, 11) is -1.95.